The van der Waals surface area contributed by atoms with Crippen molar-refractivity contribution >= 4 is 31.3 Å². The monoisotopic (exact) mass is 424 g/mol. The van der Waals surface area contributed by atoms with Crippen molar-refractivity contribution in [3.63, 3.8) is 0 Å². The zero-order valence-electron chi connectivity index (χ0n) is 15.3. The Morgan fingerprint density at radius 3 is 2.61 bits per heavy atom. The van der Waals surface area contributed by atoms with E-state index < -0.39 is 25.8 Å². The van der Waals surface area contributed by atoms with Gasteiger partial charge in [-0.2, -0.15) is 5.10 Å². The van der Waals surface area contributed by atoms with Gasteiger partial charge < -0.3 is 4.74 Å². The van der Waals surface area contributed by atoms with E-state index in [1.165, 1.54) is 19.2 Å². The molecule has 0 aliphatic carbocycles. The van der Waals surface area contributed by atoms with Gasteiger partial charge >= 0.3 is 0 Å². The molecule has 11 heteroatoms. The Kier molecular flexibility index (Phi) is 5.59. The number of hydrogen-bond donors (Lipinski definition) is 2. The number of methoxy groups -OCH3 is 1. The number of sulfonamides is 2. The molecule has 2 aromatic heterocycles. The van der Waals surface area contributed by atoms with Crippen molar-refractivity contribution in [2.24, 2.45) is 0 Å². The van der Waals surface area contributed by atoms with Gasteiger partial charge in [0.05, 0.1) is 29.0 Å². The van der Waals surface area contributed by atoms with Gasteiger partial charge in [-0.05, 0) is 48.9 Å². The normalized spacial score (nSPS) is 12.2. The second kappa shape index (κ2) is 7.78. The second-order valence-corrected chi connectivity index (χ2v) is 9.68. The van der Waals surface area contributed by atoms with Crippen LogP contribution in [0.5, 0.6) is 5.75 Å². The van der Waals surface area contributed by atoms with E-state index in [-0.39, 0.29) is 11.4 Å². The van der Waals surface area contributed by atoms with Crippen LogP contribution in [0.25, 0.3) is 5.52 Å². The third-order valence-corrected chi connectivity index (χ3v) is 6.76. The van der Waals surface area contributed by atoms with Crippen LogP contribution in [0.1, 0.15) is 5.56 Å². The molecular weight excluding hydrogens is 404 g/mol. The smallest absolute Gasteiger partial charge is 0.240 e. The number of rotatable bonds is 8. The van der Waals surface area contributed by atoms with E-state index in [1.54, 1.807) is 48.1 Å². The summed E-state index contributed by atoms with van der Waals surface area (Å²) in [6.45, 7) is 1.46. The number of nitrogens with one attached hydrogen (secondary N) is 2. The van der Waals surface area contributed by atoms with Crippen LogP contribution in [-0.4, -0.2) is 45.9 Å². The molecule has 28 heavy (non-hydrogen) atoms. The molecule has 3 aromatic rings. The van der Waals surface area contributed by atoms with Gasteiger partial charge in [0.2, 0.25) is 20.0 Å². The minimum absolute atomic E-state index is 0.0438. The minimum atomic E-state index is -3.83. The highest BCUT2D eigenvalue weighted by Crippen LogP contribution is 2.21. The molecule has 150 valence electrons. The van der Waals surface area contributed by atoms with E-state index in [0.717, 1.165) is 5.52 Å². The first-order chi connectivity index (χ1) is 13.2. The molecule has 9 nitrogen and oxygen atoms in total. The highest BCUT2D eigenvalue weighted by Gasteiger charge is 2.17. The lowest BCUT2D eigenvalue weighted by Gasteiger charge is -2.11. The van der Waals surface area contributed by atoms with Crippen molar-refractivity contribution in [3.05, 3.63) is 54.4 Å². The van der Waals surface area contributed by atoms with Gasteiger partial charge in [-0.15, -0.1) is 0 Å². The highest BCUT2D eigenvalue weighted by molar-refractivity contribution is 7.92. The van der Waals surface area contributed by atoms with Crippen LogP contribution in [0.3, 0.4) is 0 Å². The molecule has 0 atom stereocenters. The summed E-state index contributed by atoms with van der Waals surface area (Å²) in [6.07, 6.45) is 3.23. The lowest BCUT2D eigenvalue weighted by atomic mass is 10.2. The number of aryl methyl sites for hydroxylation is 1. The SMILES string of the molecule is COc1ccc(S(=O)(=O)NCCS(=O)(=O)Nc2ccn3nccc3c2)cc1C. The van der Waals surface area contributed by atoms with Crippen LogP contribution in [0.2, 0.25) is 0 Å². The van der Waals surface area contributed by atoms with E-state index in [0.29, 0.717) is 17.0 Å². The molecule has 2 N–H and O–H groups in total. The number of ether oxygens (including phenoxy) is 1. The predicted molar refractivity (Wildman–Crippen MR) is 106 cm³/mol. The maximum Gasteiger partial charge on any atom is 0.240 e. The van der Waals surface area contributed by atoms with Gasteiger partial charge in [0.1, 0.15) is 5.75 Å². The summed E-state index contributed by atoms with van der Waals surface area (Å²) in [5.74, 6) is 0.159. The number of fused-ring (bicyclic) bond motifs is 1. The van der Waals surface area contributed by atoms with Gasteiger partial charge in [0, 0.05) is 18.9 Å². The number of benzene rings is 1. The topological polar surface area (TPSA) is 119 Å². The zero-order chi connectivity index (χ0) is 20.4. The van der Waals surface area contributed by atoms with Gasteiger partial charge in [0.15, 0.2) is 0 Å². The first-order valence-electron chi connectivity index (χ1n) is 8.28. The lowest BCUT2D eigenvalue weighted by molar-refractivity contribution is 0.411. The third-order valence-electron chi connectivity index (χ3n) is 4.01. The molecule has 0 aliphatic heterocycles. The fourth-order valence-corrected chi connectivity index (χ4v) is 4.83. The Bertz CT molecular complexity index is 1200. The van der Waals surface area contributed by atoms with Crippen LogP contribution in [0.15, 0.2) is 53.7 Å². The predicted octanol–water partition coefficient (Wildman–Crippen LogP) is 1.37. The van der Waals surface area contributed by atoms with Gasteiger partial charge in [-0.1, -0.05) is 0 Å². The zero-order valence-corrected chi connectivity index (χ0v) is 16.9. The maximum atomic E-state index is 12.4. The van der Waals surface area contributed by atoms with E-state index >= 15 is 0 Å². The van der Waals surface area contributed by atoms with Crippen LogP contribution in [0.4, 0.5) is 5.69 Å². The third kappa shape index (κ3) is 4.61. The molecule has 0 fully saturated rings. The summed E-state index contributed by atoms with van der Waals surface area (Å²) >= 11 is 0. The number of anilines is 1. The second-order valence-electron chi connectivity index (χ2n) is 6.07. The lowest BCUT2D eigenvalue weighted by Crippen LogP contribution is -2.31. The van der Waals surface area contributed by atoms with Gasteiger partial charge in [-0.3, -0.25) is 4.72 Å². The Balaban J connectivity index is 1.63. The Morgan fingerprint density at radius 2 is 1.89 bits per heavy atom. The van der Waals surface area contributed by atoms with Crippen LogP contribution in [-0.2, 0) is 20.0 Å². The maximum absolute atomic E-state index is 12.4. The molecule has 0 aliphatic rings. The van der Waals surface area contributed by atoms with Crippen LogP contribution < -0.4 is 14.2 Å². The molecule has 2 heterocycles. The molecule has 0 spiro atoms. The number of pyridine rings is 1. The molecule has 0 bridgehead atoms. The van der Waals surface area contributed by atoms with Crippen molar-refractivity contribution in [1.82, 2.24) is 14.3 Å². The van der Waals surface area contributed by atoms with E-state index in [4.69, 9.17) is 4.74 Å². The largest absolute Gasteiger partial charge is 0.496 e. The van der Waals surface area contributed by atoms with E-state index in [2.05, 4.69) is 14.5 Å². The molecule has 1 aromatic carbocycles. The fraction of sp³-hybridized carbons (Fsp3) is 0.235. The van der Waals surface area contributed by atoms with Gasteiger partial charge in [-0.25, -0.2) is 26.1 Å². The molecule has 0 amide bonds. The average molecular weight is 425 g/mol. The first-order valence-corrected chi connectivity index (χ1v) is 11.4. The highest BCUT2D eigenvalue weighted by atomic mass is 32.2. The van der Waals surface area contributed by atoms with Crippen molar-refractivity contribution in [3.8, 4) is 5.75 Å². The molecule has 0 saturated carbocycles. The van der Waals surface area contributed by atoms with E-state index in [9.17, 15) is 16.8 Å². The molecule has 0 unspecified atom stereocenters. The summed E-state index contributed by atoms with van der Waals surface area (Å²) in [5, 5.41) is 4.03. The van der Waals surface area contributed by atoms with Gasteiger partial charge in [0.25, 0.3) is 0 Å². The van der Waals surface area contributed by atoms with Crippen molar-refractivity contribution in [2.75, 3.05) is 24.1 Å². The standard InChI is InChI=1S/C17H20N4O5S2/c1-13-11-16(3-4-17(13)26-2)28(24,25)19-8-10-27(22,23)20-14-6-9-21-15(12-14)5-7-18-21/h3-7,9,11-12,19-20H,8,10H2,1-2H3. The summed E-state index contributed by atoms with van der Waals surface area (Å²) in [6, 6.07) is 9.37. The van der Waals surface area contributed by atoms with Crippen molar-refractivity contribution in [1.29, 1.82) is 0 Å². The quantitative estimate of drug-likeness (QED) is 0.564. The van der Waals surface area contributed by atoms with E-state index in [1.807, 2.05) is 0 Å². The fourth-order valence-electron chi connectivity index (χ4n) is 2.63. The molecule has 3 rings (SSSR count). The summed E-state index contributed by atoms with van der Waals surface area (Å²) in [5.41, 5.74) is 1.77. The van der Waals surface area contributed by atoms with Crippen molar-refractivity contribution < 1.29 is 21.6 Å². The number of nitrogens with zero attached hydrogens (tertiary/aromatic N) is 2. The van der Waals surface area contributed by atoms with Crippen LogP contribution in [0, 0.1) is 6.92 Å². The Hall–Kier alpha value is -2.63. The minimum Gasteiger partial charge on any atom is -0.496 e. The molecular formula is C17H20N4O5S2. The number of hydrogen-bond acceptors (Lipinski definition) is 6. The average Bonchev–Trinajstić information content (AvgIpc) is 3.08. The first kappa shape index (κ1) is 20.1. The summed E-state index contributed by atoms with van der Waals surface area (Å²) < 4.78 is 60.7. The van der Waals surface area contributed by atoms with Crippen molar-refractivity contribution in [2.45, 2.75) is 11.8 Å². The Labute approximate surface area is 163 Å². The summed E-state index contributed by atoms with van der Waals surface area (Å²) in [4.78, 5) is 0.0438. The molecule has 0 radical (unpaired) electrons. The number of aromatic nitrogens is 2. The Morgan fingerprint density at radius 1 is 1.11 bits per heavy atom. The molecule has 0 saturated heterocycles. The summed E-state index contributed by atoms with van der Waals surface area (Å²) in [7, 11) is -6.07. The van der Waals surface area contributed by atoms with Crippen LogP contribution >= 0.6 is 0 Å².